The van der Waals surface area contributed by atoms with Crippen molar-refractivity contribution < 1.29 is 4.74 Å². The van der Waals surface area contributed by atoms with E-state index in [0.29, 0.717) is 5.41 Å². The predicted octanol–water partition coefficient (Wildman–Crippen LogP) is 2.97. The lowest BCUT2D eigenvalue weighted by molar-refractivity contribution is 0.0618. The molecule has 16 heavy (non-hydrogen) atoms. The summed E-state index contributed by atoms with van der Waals surface area (Å²) in [7, 11) is 0. The number of nitrogens with one attached hydrogen (secondary N) is 1. The molecule has 2 rings (SSSR count). The van der Waals surface area contributed by atoms with Crippen LogP contribution in [0.1, 0.15) is 51.9 Å². The molecule has 0 aromatic heterocycles. The second kappa shape index (κ2) is 6.02. The second-order valence-electron chi connectivity index (χ2n) is 5.79. The zero-order chi connectivity index (χ0) is 11.3. The summed E-state index contributed by atoms with van der Waals surface area (Å²) in [6.07, 6.45) is 9.66. The third-order valence-electron chi connectivity index (χ3n) is 4.47. The van der Waals surface area contributed by atoms with Gasteiger partial charge in [-0.25, -0.2) is 0 Å². The summed E-state index contributed by atoms with van der Waals surface area (Å²) in [5.74, 6) is 0.868. The Balaban J connectivity index is 1.62. The highest BCUT2D eigenvalue weighted by Gasteiger charge is 2.35. The van der Waals surface area contributed by atoms with Crippen LogP contribution in [0.25, 0.3) is 0 Å². The van der Waals surface area contributed by atoms with Crippen LogP contribution in [-0.2, 0) is 4.74 Å². The highest BCUT2D eigenvalue weighted by atomic mass is 16.5. The van der Waals surface area contributed by atoms with E-state index < -0.39 is 0 Å². The Hall–Kier alpha value is -0.0800. The minimum atomic E-state index is 0.680. The van der Waals surface area contributed by atoms with Gasteiger partial charge in [-0.3, -0.25) is 0 Å². The van der Waals surface area contributed by atoms with Crippen LogP contribution >= 0.6 is 0 Å². The second-order valence-corrected chi connectivity index (χ2v) is 5.79. The molecular formula is C14H27NO. The van der Waals surface area contributed by atoms with Gasteiger partial charge in [0, 0.05) is 19.8 Å². The van der Waals surface area contributed by atoms with Gasteiger partial charge in [-0.05, 0) is 50.0 Å². The molecule has 0 aromatic carbocycles. The Morgan fingerprint density at radius 1 is 1.25 bits per heavy atom. The Bertz CT molecular complexity index is 195. The molecule has 2 aliphatic rings. The van der Waals surface area contributed by atoms with Gasteiger partial charge in [-0.1, -0.05) is 19.8 Å². The quantitative estimate of drug-likeness (QED) is 0.750. The van der Waals surface area contributed by atoms with Gasteiger partial charge in [-0.15, -0.1) is 0 Å². The van der Waals surface area contributed by atoms with Gasteiger partial charge >= 0.3 is 0 Å². The van der Waals surface area contributed by atoms with E-state index in [1.165, 1.54) is 58.0 Å². The zero-order valence-electron chi connectivity index (χ0n) is 10.8. The highest BCUT2D eigenvalue weighted by molar-refractivity contribution is 4.89. The molecule has 2 fully saturated rings. The van der Waals surface area contributed by atoms with E-state index in [1.54, 1.807) is 0 Å². The third-order valence-corrected chi connectivity index (χ3v) is 4.47. The molecule has 0 aromatic rings. The van der Waals surface area contributed by atoms with Crippen molar-refractivity contribution in [3.63, 3.8) is 0 Å². The monoisotopic (exact) mass is 225 g/mol. The van der Waals surface area contributed by atoms with Crippen molar-refractivity contribution in [3.8, 4) is 0 Å². The fourth-order valence-corrected chi connectivity index (χ4v) is 3.21. The molecule has 1 N–H and O–H groups in total. The Morgan fingerprint density at radius 3 is 2.56 bits per heavy atom. The number of ether oxygens (including phenoxy) is 1. The fourth-order valence-electron chi connectivity index (χ4n) is 3.21. The van der Waals surface area contributed by atoms with Crippen molar-refractivity contribution in [3.05, 3.63) is 0 Å². The van der Waals surface area contributed by atoms with Crippen LogP contribution in [0.2, 0.25) is 0 Å². The molecular weight excluding hydrogens is 198 g/mol. The first-order valence-corrected chi connectivity index (χ1v) is 7.13. The van der Waals surface area contributed by atoms with E-state index in [2.05, 4.69) is 12.2 Å². The molecule has 0 spiro atoms. The summed E-state index contributed by atoms with van der Waals surface area (Å²) >= 11 is 0. The number of rotatable bonds is 6. The zero-order valence-corrected chi connectivity index (χ0v) is 10.8. The van der Waals surface area contributed by atoms with Crippen molar-refractivity contribution in [2.24, 2.45) is 11.3 Å². The molecule has 1 aliphatic heterocycles. The lowest BCUT2D eigenvalue weighted by atomic mass is 9.66. The molecule has 0 amide bonds. The SMILES string of the molecule is CCCC1(CNCC2CCOCC2)CCC1. The van der Waals surface area contributed by atoms with Crippen LogP contribution in [0.5, 0.6) is 0 Å². The summed E-state index contributed by atoms with van der Waals surface area (Å²) in [5.41, 5.74) is 0.680. The third kappa shape index (κ3) is 3.21. The maximum Gasteiger partial charge on any atom is 0.0469 e. The molecule has 0 bridgehead atoms. The van der Waals surface area contributed by atoms with Gasteiger partial charge in [0.1, 0.15) is 0 Å². The smallest absolute Gasteiger partial charge is 0.0469 e. The predicted molar refractivity (Wildman–Crippen MR) is 67.6 cm³/mol. The van der Waals surface area contributed by atoms with Crippen LogP contribution in [0, 0.1) is 11.3 Å². The molecule has 94 valence electrons. The molecule has 0 atom stereocenters. The molecule has 0 unspecified atom stereocenters. The molecule has 1 saturated heterocycles. The topological polar surface area (TPSA) is 21.3 Å². The summed E-state index contributed by atoms with van der Waals surface area (Å²) in [5, 5.41) is 3.73. The van der Waals surface area contributed by atoms with Crippen LogP contribution in [0.3, 0.4) is 0 Å². The van der Waals surface area contributed by atoms with Crippen LogP contribution in [-0.4, -0.2) is 26.3 Å². The minimum absolute atomic E-state index is 0.680. The lowest BCUT2D eigenvalue weighted by Crippen LogP contribution is -2.41. The normalized spacial score (nSPS) is 25.3. The van der Waals surface area contributed by atoms with E-state index in [9.17, 15) is 0 Å². The molecule has 1 heterocycles. The number of hydrogen-bond donors (Lipinski definition) is 1. The van der Waals surface area contributed by atoms with Gasteiger partial charge in [0.05, 0.1) is 0 Å². The summed E-state index contributed by atoms with van der Waals surface area (Å²) in [6.45, 7) is 6.75. The first-order valence-electron chi connectivity index (χ1n) is 7.13. The minimum Gasteiger partial charge on any atom is -0.381 e. The largest absolute Gasteiger partial charge is 0.381 e. The van der Waals surface area contributed by atoms with E-state index in [4.69, 9.17) is 4.74 Å². The summed E-state index contributed by atoms with van der Waals surface area (Å²) in [4.78, 5) is 0. The van der Waals surface area contributed by atoms with Gasteiger partial charge in [0.25, 0.3) is 0 Å². The number of hydrogen-bond acceptors (Lipinski definition) is 2. The van der Waals surface area contributed by atoms with Crippen molar-refractivity contribution in [1.29, 1.82) is 0 Å². The molecule has 1 saturated carbocycles. The van der Waals surface area contributed by atoms with Gasteiger partial charge in [0.15, 0.2) is 0 Å². The Labute approximate surface area is 100 Å². The first kappa shape index (κ1) is 12.4. The molecule has 2 heteroatoms. The van der Waals surface area contributed by atoms with Crippen molar-refractivity contribution in [1.82, 2.24) is 5.32 Å². The Morgan fingerprint density at radius 2 is 2.00 bits per heavy atom. The summed E-state index contributed by atoms with van der Waals surface area (Å²) < 4.78 is 5.39. The fraction of sp³-hybridized carbons (Fsp3) is 1.00. The summed E-state index contributed by atoms with van der Waals surface area (Å²) in [6, 6.07) is 0. The van der Waals surface area contributed by atoms with Crippen LogP contribution in [0.4, 0.5) is 0 Å². The average Bonchev–Trinajstić information content (AvgIpc) is 2.27. The van der Waals surface area contributed by atoms with E-state index >= 15 is 0 Å². The standard InChI is InChI=1S/C14H27NO/c1-2-6-14(7-3-8-14)12-15-11-13-4-9-16-10-5-13/h13,15H,2-12H2,1H3. The lowest BCUT2D eigenvalue weighted by Gasteiger charge is -2.42. The average molecular weight is 225 g/mol. The van der Waals surface area contributed by atoms with Gasteiger partial charge in [0.2, 0.25) is 0 Å². The van der Waals surface area contributed by atoms with Crippen molar-refractivity contribution in [2.45, 2.75) is 51.9 Å². The maximum absolute atomic E-state index is 5.39. The van der Waals surface area contributed by atoms with E-state index in [1.807, 2.05) is 0 Å². The van der Waals surface area contributed by atoms with E-state index in [0.717, 1.165) is 19.1 Å². The molecule has 2 nitrogen and oxygen atoms in total. The molecule has 1 aliphatic carbocycles. The molecule has 0 radical (unpaired) electrons. The van der Waals surface area contributed by atoms with Crippen molar-refractivity contribution >= 4 is 0 Å². The first-order chi connectivity index (χ1) is 7.85. The van der Waals surface area contributed by atoms with Crippen LogP contribution < -0.4 is 5.32 Å². The van der Waals surface area contributed by atoms with E-state index in [-0.39, 0.29) is 0 Å². The van der Waals surface area contributed by atoms with Gasteiger partial charge in [-0.2, -0.15) is 0 Å². The Kier molecular flexibility index (Phi) is 4.66. The maximum atomic E-state index is 5.39. The van der Waals surface area contributed by atoms with Crippen LogP contribution in [0.15, 0.2) is 0 Å². The van der Waals surface area contributed by atoms with Crippen molar-refractivity contribution in [2.75, 3.05) is 26.3 Å². The van der Waals surface area contributed by atoms with Gasteiger partial charge < -0.3 is 10.1 Å². The highest BCUT2D eigenvalue weighted by Crippen LogP contribution is 2.44.